The summed E-state index contributed by atoms with van der Waals surface area (Å²) in [5.74, 6) is 0.435. The van der Waals surface area contributed by atoms with Gasteiger partial charge in [-0.1, -0.05) is 0 Å². The Morgan fingerprint density at radius 2 is 1.67 bits per heavy atom. The minimum Gasteiger partial charge on any atom is -0.462 e. The van der Waals surface area contributed by atoms with Crippen LogP contribution in [0.3, 0.4) is 0 Å². The van der Waals surface area contributed by atoms with E-state index in [9.17, 15) is 34.8 Å². The maximum Gasteiger partial charge on any atom is 0.416 e. The maximum atomic E-state index is 13.0. The Bertz CT molecular complexity index is 1120. The van der Waals surface area contributed by atoms with Gasteiger partial charge in [0.2, 0.25) is 10.0 Å². The normalized spacial score (nSPS) is 13.0. The Labute approximate surface area is 170 Å². The van der Waals surface area contributed by atoms with Crippen molar-refractivity contribution >= 4 is 21.4 Å². The molecule has 0 aliphatic carbocycles. The quantitative estimate of drug-likeness (QED) is 0.519. The summed E-state index contributed by atoms with van der Waals surface area (Å²) >= 11 is 1.08. The fourth-order valence-corrected chi connectivity index (χ4v) is 4.55. The van der Waals surface area contributed by atoms with E-state index in [-0.39, 0.29) is 24.7 Å². The van der Waals surface area contributed by atoms with E-state index in [4.69, 9.17) is 4.42 Å². The Hall–Kier alpha value is -2.38. The van der Waals surface area contributed by atoms with Crippen molar-refractivity contribution in [1.29, 1.82) is 0 Å². The molecule has 2 heterocycles. The van der Waals surface area contributed by atoms with Crippen LogP contribution in [0, 0.1) is 6.92 Å². The highest BCUT2D eigenvalue weighted by Gasteiger charge is 2.38. The number of nitrogens with zero attached hydrogens (tertiary/aromatic N) is 1. The third kappa shape index (κ3) is 4.84. The van der Waals surface area contributed by atoms with Crippen molar-refractivity contribution < 1.29 is 39.2 Å². The lowest BCUT2D eigenvalue weighted by molar-refractivity contribution is -0.143. The Balaban J connectivity index is 1.91. The predicted octanol–water partition coefficient (Wildman–Crippen LogP) is 5.23. The summed E-state index contributed by atoms with van der Waals surface area (Å²) in [5.41, 5.74) is -2.99. The van der Waals surface area contributed by atoms with Crippen molar-refractivity contribution in [3.8, 4) is 10.8 Å². The summed E-state index contributed by atoms with van der Waals surface area (Å²) in [6.07, 6.45) is -8.89. The molecule has 0 saturated heterocycles. The molecule has 0 atom stereocenters. The number of hydrogen-bond donors (Lipinski definition) is 1. The molecule has 30 heavy (non-hydrogen) atoms. The van der Waals surface area contributed by atoms with Crippen molar-refractivity contribution in [3.63, 3.8) is 0 Å². The van der Waals surface area contributed by atoms with E-state index in [1.54, 1.807) is 19.1 Å². The molecule has 2 aromatic heterocycles. The third-order valence-electron chi connectivity index (χ3n) is 3.92. The van der Waals surface area contributed by atoms with E-state index < -0.39 is 38.4 Å². The number of alkyl halides is 6. The first-order valence-electron chi connectivity index (χ1n) is 8.07. The van der Waals surface area contributed by atoms with Crippen LogP contribution in [-0.2, 0) is 28.9 Å². The van der Waals surface area contributed by atoms with E-state index in [1.165, 1.54) is 6.26 Å². The molecule has 0 amide bonds. The summed E-state index contributed by atoms with van der Waals surface area (Å²) < 4.78 is 110. The van der Waals surface area contributed by atoms with Gasteiger partial charge in [0, 0.05) is 11.4 Å². The molecular weight excluding hydrogens is 458 g/mol. The number of rotatable bonds is 5. The highest BCUT2D eigenvalue weighted by molar-refractivity contribution is 7.89. The molecule has 162 valence electrons. The van der Waals surface area contributed by atoms with Crippen LogP contribution >= 0.6 is 11.3 Å². The number of benzene rings is 1. The molecule has 0 spiro atoms. The number of aryl methyl sites for hydroxylation is 1. The summed E-state index contributed by atoms with van der Waals surface area (Å²) in [5, 5.41) is 0.449. The fraction of sp³-hybridized carbons (Fsp3) is 0.235. The highest BCUT2D eigenvalue weighted by atomic mass is 32.2. The number of thiazole rings is 1. The van der Waals surface area contributed by atoms with Gasteiger partial charge in [-0.2, -0.15) is 26.3 Å². The number of nitrogens with one attached hydrogen (secondary N) is 1. The van der Waals surface area contributed by atoms with Crippen LogP contribution in [0.1, 0.15) is 21.7 Å². The first kappa shape index (κ1) is 22.3. The average molecular weight is 470 g/mol. The van der Waals surface area contributed by atoms with Gasteiger partial charge in [-0.15, -0.1) is 11.3 Å². The third-order valence-corrected chi connectivity index (χ3v) is 6.47. The van der Waals surface area contributed by atoms with E-state index >= 15 is 0 Å². The van der Waals surface area contributed by atoms with Gasteiger partial charge in [0.05, 0.1) is 28.0 Å². The van der Waals surface area contributed by atoms with Crippen LogP contribution < -0.4 is 4.72 Å². The van der Waals surface area contributed by atoms with Crippen LogP contribution in [0.5, 0.6) is 0 Å². The molecule has 13 heteroatoms. The molecule has 0 fully saturated rings. The molecule has 0 aliphatic rings. The van der Waals surface area contributed by atoms with Crippen molar-refractivity contribution in [3.05, 3.63) is 58.3 Å². The van der Waals surface area contributed by atoms with Gasteiger partial charge in [-0.05, 0) is 37.3 Å². The number of halogens is 6. The van der Waals surface area contributed by atoms with Gasteiger partial charge in [-0.3, -0.25) is 0 Å². The standard InChI is InChI=1S/C17H12F6N2O3S2/c1-9-14(29-15(25-9)13-3-2-4-28-13)8-24-30(26,27)12-6-10(16(18,19)20)5-11(7-12)17(21,22)23/h2-7,24H,8H2,1H3. The van der Waals surface area contributed by atoms with Crippen LogP contribution in [0.4, 0.5) is 26.3 Å². The van der Waals surface area contributed by atoms with Crippen LogP contribution in [-0.4, -0.2) is 13.4 Å². The molecular formula is C17H12F6N2O3S2. The van der Waals surface area contributed by atoms with Crippen LogP contribution in [0.2, 0.25) is 0 Å². The molecule has 0 unspecified atom stereocenters. The fourth-order valence-electron chi connectivity index (χ4n) is 2.42. The summed E-state index contributed by atoms with van der Waals surface area (Å²) in [6.45, 7) is 1.21. The van der Waals surface area contributed by atoms with Crippen molar-refractivity contribution in [2.45, 2.75) is 30.7 Å². The summed E-state index contributed by atoms with van der Waals surface area (Å²) in [7, 11) is -4.68. The lowest BCUT2D eigenvalue weighted by Gasteiger charge is -2.14. The second-order valence-electron chi connectivity index (χ2n) is 6.07. The maximum absolute atomic E-state index is 13.0. The topological polar surface area (TPSA) is 72.2 Å². The second-order valence-corrected chi connectivity index (χ2v) is 8.92. The molecule has 0 radical (unpaired) electrons. The number of aromatic nitrogens is 1. The highest BCUT2D eigenvalue weighted by Crippen LogP contribution is 2.37. The van der Waals surface area contributed by atoms with Gasteiger partial charge in [0.1, 0.15) is 0 Å². The first-order valence-corrected chi connectivity index (χ1v) is 10.4. The smallest absolute Gasteiger partial charge is 0.416 e. The molecule has 1 aromatic carbocycles. The van der Waals surface area contributed by atoms with Crippen molar-refractivity contribution in [2.75, 3.05) is 0 Å². The molecule has 5 nitrogen and oxygen atoms in total. The van der Waals surface area contributed by atoms with Crippen LogP contribution in [0.15, 0.2) is 45.9 Å². The van der Waals surface area contributed by atoms with E-state index in [2.05, 4.69) is 4.98 Å². The summed E-state index contributed by atoms with van der Waals surface area (Å²) in [4.78, 5) is 3.50. The summed E-state index contributed by atoms with van der Waals surface area (Å²) in [6, 6.07) is 3.44. The zero-order valence-corrected chi connectivity index (χ0v) is 16.6. The first-order chi connectivity index (χ1) is 13.8. The molecule has 0 bridgehead atoms. The van der Waals surface area contributed by atoms with Gasteiger partial charge in [0.15, 0.2) is 10.8 Å². The number of sulfonamides is 1. The predicted molar refractivity (Wildman–Crippen MR) is 95.0 cm³/mol. The molecule has 1 N–H and O–H groups in total. The van der Waals surface area contributed by atoms with Crippen LogP contribution in [0.25, 0.3) is 10.8 Å². The van der Waals surface area contributed by atoms with Crippen molar-refractivity contribution in [2.24, 2.45) is 0 Å². The molecule has 0 saturated carbocycles. The monoisotopic (exact) mass is 470 g/mol. The minimum absolute atomic E-state index is 0.137. The zero-order chi connectivity index (χ0) is 22.3. The minimum atomic E-state index is -5.16. The molecule has 3 rings (SSSR count). The Morgan fingerprint density at radius 3 is 2.17 bits per heavy atom. The van der Waals surface area contributed by atoms with E-state index in [0.29, 0.717) is 21.3 Å². The zero-order valence-electron chi connectivity index (χ0n) is 14.9. The molecule has 0 aliphatic heterocycles. The van der Waals surface area contributed by atoms with E-state index in [0.717, 1.165) is 11.3 Å². The second kappa shape index (κ2) is 7.71. The lowest BCUT2D eigenvalue weighted by atomic mass is 10.1. The lowest BCUT2D eigenvalue weighted by Crippen LogP contribution is -2.24. The Kier molecular flexibility index (Phi) is 5.73. The van der Waals surface area contributed by atoms with E-state index in [1.807, 2.05) is 4.72 Å². The van der Waals surface area contributed by atoms with Gasteiger partial charge in [0.25, 0.3) is 0 Å². The SMILES string of the molecule is Cc1nc(-c2ccco2)sc1CNS(=O)(=O)c1cc(C(F)(F)F)cc(C(F)(F)F)c1. The van der Waals surface area contributed by atoms with Gasteiger partial charge in [-0.25, -0.2) is 18.1 Å². The van der Waals surface area contributed by atoms with Gasteiger partial charge < -0.3 is 4.42 Å². The average Bonchev–Trinajstić information content (AvgIpc) is 3.28. The number of furan rings is 1. The Morgan fingerprint density at radius 1 is 1.07 bits per heavy atom. The largest absolute Gasteiger partial charge is 0.462 e. The van der Waals surface area contributed by atoms with Crippen molar-refractivity contribution in [1.82, 2.24) is 9.71 Å². The molecule has 3 aromatic rings. The van der Waals surface area contributed by atoms with Gasteiger partial charge >= 0.3 is 12.4 Å². The number of hydrogen-bond acceptors (Lipinski definition) is 5.